The van der Waals surface area contributed by atoms with E-state index in [4.69, 9.17) is 0 Å². The van der Waals surface area contributed by atoms with Gasteiger partial charge < -0.3 is 0 Å². The molecule has 62 heavy (non-hydrogen) atoms. The van der Waals surface area contributed by atoms with Crippen molar-refractivity contribution in [2.75, 3.05) is 0 Å². The van der Waals surface area contributed by atoms with E-state index in [1.54, 1.807) is 0 Å². The standard InChI is InChI=1S/C58H34B2N2/c61-35-45-33-55(59(47-21-17-37-9-1-5-13-41(37)29-47)48-22-18-38-10-2-6-14-42(38)30-48)53-27-28-54-56(34-46(36-62)52-26-25-51(45)57(53)58(52)54)60(49-23-19-39-11-3-7-15-43(39)31-49)50-24-20-40-12-4-8-16-44(40)32-50/h1-34H. The van der Waals surface area contributed by atoms with Crippen LogP contribution in [-0.2, 0) is 0 Å². The van der Waals surface area contributed by atoms with E-state index < -0.39 is 0 Å². The summed E-state index contributed by atoms with van der Waals surface area (Å²) in [6.07, 6.45) is 0. The minimum Gasteiger partial charge on any atom is -0.192 e. The largest absolute Gasteiger partial charge is 0.242 e. The highest BCUT2D eigenvalue weighted by Crippen LogP contribution is 2.37. The Balaban J connectivity index is 1.18. The third kappa shape index (κ3) is 5.66. The summed E-state index contributed by atoms with van der Waals surface area (Å²) in [6, 6.07) is 79.2. The van der Waals surface area contributed by atoms with Gasteiger partial charge in [0.1, 0.15) is 0 Å². The Hall–Kier alpha value is -8.17. The molecule has 12 rings (SSSR count). The molecule has 0 amide bonds. The van der Waals surface area contributed by atoms with Crippen molar-refractivity contribution in [1.29, 1.82) is 10.5 Å². The second kappa shape index (κ2) is 14.2. The molecule has 0 aliphatic carbocycles. The highest BCUT2D eigenvalue weighted by atomic mass is 14.3. The van der Waals surface area contributed by atoms with Crippen LogP contribution in [0.1, 0.15) is 11.1 Å². The minimum absolute atomic E-state index is 0.182. The third-order valence-electron chi connectivity index (χ3n) is 13.3. The van der Waals surface area contributed by atoms with Crippen LogP contribution in [0.25, 0.3) is 75.4 Å². The van der Waals surface area contributed by atoms with E-state index in [2.05, 4.69) is 218 Å². The first-order chi connectivity index (χ1) is 30.6. The lowest BCUT2D eigenvalue weighted by Crippen LogP contribution is -2.53. The van der Waals surface area contributed by atoms with Crippen LogP contribution in [0, 0.1) is 22.7 Å². The van der Waals surface area contributed by atoms with Crippen molar-refractivity contribution in [2.45, 2.75) is 0 Å². The van der Waals surface area contributed by atoms with E-state index in [9.17, 15) is 10.5 Å². The SMILES string of the molecule is N#Cc1cc(B(c2ccc3ccccc3c2)c2ccc3ccccc3c2)c2ccc3c(B(c4ccc5ccccc5c4)c4ccc5ccccc5c4)cc(C#N)c4ccc1c2c43. The lowest BCUT2D eigenvalue weighted by atomic mass is 9.35. The van der Waals surface area contributed by atoms with Crippen LogP contribution in [-0.4, -0.2) is 13.4 Å². The predicted molar refractivity (Wildman–Crippen MR) is 265 cm³/mol. The molecule has 0 atom stereocenters. The molecular weight excluding hydrogens is 746 g/mol. The van der Waals surface area contributed by atoms with Gasteiger partial charge in [-0.25, -0.2) is 0 Å². The Labute approximate surface area is 360 Å². The Morgan fingerprint density at radius 2 is 0.548 bits per heavy atom. The average Bonchev–Trinajstić information content (AvgIpc) is 3.33. The van der Waals surface area contributed by atoms with Crippen molar-refractivity contribution in [3.05, 3.63) is 217 Å². The van der Waals surface area contributed by atoms with E-state index in [0.717, 1.165) is 65.1 Å². The average molecular weight is 781 g/mol. The monoisotopic (exact) mass is 780 g/mol. The van der Waals surface area contributed by atoms with Crippen molar-refractivity contribution < 1.29 is 0 Å². The number of hydrogen-bond acceptors (Lipinski definition) is 2. The summed E-state index contributed by atoms with van der Waals surface area (Å²) < 4.78 is 0. The van der Waals surface area contributed by atoms with Gasteiger partial charge in [0.25, 0.3) is 0 Å². The molecular formula is C58H34B2N2. The van der Waals surface area contributed by atoms with E-state index >= 15 is 0 Å². The Bertz CT molecular complexity index is 3460. The summed E-state index contributed by atoms with van der Waals surface area (Å²) in [5.74, 6) is 0. The zero-order valence-electron chi connectivity index (χ0n) is 33.7. The summed E-state index contributed by atoms with van der Waals surface area (Å²) in [6.45, 7) is -0.363. The fourth-order valence-corrected chi connectivity index (χ4v) is 10.4. The first kappa shape index (κ1) is 35.7. The number of benzene rings is 12. The summed E-state index contributed by atoms with van der Waals surface area (Å²) >= 11 is 0. The minimum atomic E-state index is -0.182. The molecule has 0 heterocycles. The first-order valence-corrected chi connectivity index (χ1v) is 21.2. The molecule has 0 bridgehead atoms. The second-order valence-corrected chi connectivity index (χ2v) is 16.6. The van der Waals surface area contributed by atoms with Gasteiger partial charge in [-0.3, -0.25) is 0 Å². The maximum absolute atomic E-state index is 11.0. The summed E-state index contributed by atoms with van der Waals surface area (Å²) in [5.41, 5.74) is 8.01. The van der Waals surface area contributed by atoms with Gasteiger partial charge in [0.05, 0.1) is 23.3 Å². The molecule has 4 heteroatoms. The molecule has 282 valence electrons. The van der Waals surface area contributed by atoms with Crippen LogP contribution < -0.4 is 32.8 Å². The molecule has 0 unspecified atom stereocenters. The molecule has 0 saturated heterocycles. The van der Waals surface area contributed by atoms with Crippen LogP contribution in [0.5, 0.6) is 0 Å². The van der Waals surface area contributed by atoms with Crippen LogP contribution in [0.2, 0.25) is 0 Å². The van der Waals surface area contributed by atoms with Gasteiger partial charge in [-0.2, -0.15) is 10.5 Å². The smallest absolute Gasteiger partial charge is 0.192 e. The highest BCUT2D eigenvalue weighted by Gasteiger charge is 2.30. The van der Waals surface area contributed by atoms with E-state index in [1.807, 2.05) is 0 Å². The summed E-state index contributed by atoms with van der Waals surface area (Å²) in [7, 11) is 0. The summed E-state index contributed by atoms with van der Waals surface area (Å²) in [5, 5.41) is 37.5. The third-order valence-corrected chi connectivity index (χ3v) is 13.3. The van der Waals surface area contributed by atoms with Gasteiger partial charge in [0.2, 0.25) is 13.4 Å². The van der Waals surface area contributed by atoms with Crippen molar-refractivity contribution in [3.8, 4) is 12.1 Å². The summed E-state index contributed by atoms with van der Waals surface area (Å²) in [4.78, 5) is 0. The molecule has 0 fully saturated rings. The quantitative estimate of drug-likeness (QED) is 0.125. The molecule has 0 N–H and O–H groups in total. The van der Waals surface area contributed by atoms with Gasteiger partial charge in [-0.05, 0) is 76.8 Å². The molecule has 0 aromatic heterocycles. The van der Waals surface area contributed by atoms with Crippen LogP contribution in [0.4, 0.5) is 0 Å². The number of nitriles is 2. The molecule has 0 aliphatic rings. The van der Waals surface area contributed by atoms with E-state index in [0.29, 0.717) is 11.1 Å². The Morgan fingerprint density at radius 1 is 0.274 bits per heavy atom. The molecule has 12 aromatic rings. The van der Waals surface area contributed by atoms with Gasteiger partial charge in [-0.1, -0.05) is 227 Å². The van der Waals surface area contributed by atoms with Gasteiger partial charge >= 0.3 is 0 Å². The van der Waals surface area contributed by atoms with Gasteiger partial charge in [-0.15, -0.1) is 0 Å². The number of hydrogen-bond donors (Lipinski definition) is 0. The Kier molecular flexibility index (Phi) is 8.21. The predicted octanol–water partition coefficient (Wildman–Crippen LogP) is 9.97. The topological polar surface area (TPSA) is 47.6 Å². The molecule has 0 radical (unpaired) electrons. The molecule has 0 spiro atoms. The van der Waals surface area contributed by atoms with Gasteiger partial charge in [0.15, 0.2) is 0 Å². The van der Waals surface area contributed by atoms with E-state index in [-0.39, 0.29) is 13.4 Å². The zero-order chi connectivity index (χ0) is 41.3. The number of nitrogens with zero attached hydrogens (tertiary/aromatic N) is 2. The van der Waals surface area contributed by atoms with Crippen LogP contribution in [0.15, 0.2) is 206 Å². The normalized spacial score (nSPS) is 11.5. The van der Waals surface area contributed by atoms with Gasteiger partial charge in [0, 0.05) is 10.8 Å². The zero-order valence-corrected chi connectivity index (χ0v) is 33.7. The Morgan fingerprint density at radius 3 is 0.839 bits per heavy atom. The molecule has 2 nitrogen and oxygen atoms in total. The van der Waals surface area contributed by atoms with Crippen molar-refractivity contribution >= 4 is 122 Å². The molecule has 12 aromatic carbocycles. The number of fused-ring (bicyclic) bond motifs is 4. The lowest BCUT2D eigenvalue weighted by molar-refractivity contribution is 1.50. The van der Waals surface area contributed by atoms with Crippen molar-refractivity contribution in [3.63, 3.8) is 0 Å². The fraction of sp³-hybridized carbons (Fsp3) is 0. The molecule has 0 saturated carbocycles. The molecule has 0 aliphatic heterocycles. The van der Waals surface area contributed by atoms with E-state index in [1.165, 1.54) is 43.1 Å². The van der Waals surface area contributed by atoms with Crippen LogP contribution in [0.3, 0.4) is 0 Å². The first-order valence-electron chi connectivity index (χ1n) is 21.2. The van der Waals surface area contributed by atoms with Crippen molar-refractivity contribution in [2.24, 2.45) is 0 Å². The highest BCUT2D eigenvalue weighted by molar-refractivity contribution is 6.98. The second-order valence-electron chi connectivity index (χ2n) is 16.6. The number of rotatable bonds is 6. The van der Waals surface area contributed by atoms with Crippen molar-refractivity contribution in [1.82, 2.24) is 0 Å². The fourth-order valence-electron chi connectivity index (χ4n) is 10.4. The lowest BCUT2D eigenvalue weighted by Gasteiger charge is -2.24. The van der Waals surface area contributed by atoms with Crippen LogP contribution >= 0.6 is 0 Å². The maximum Gasteiger partial charge on any atom is 0.242 e. The maximum atomic E-state index is 11.0.